The van der Waals surface area contributed by atoms with Crippen molar-refractivity contribution in [3.63, 3.8) is 0 Å². The molecule has 2 aromatic carbocycles. The Balaban J connectivity index is 1.46. The van der Waals surface area contributed by atoms with Crippen molar-refractivity contribution in [1.82, 2.24) is 19.8 Å². The topological polar surface area (TPSA) is 76.5 Å². The summed E-state index contributed by atoms with van der Waals surface area (Å²) >= 11 is 0. The molecule has 0 bridgehead atoms. The minimum Gasteiger partial charge on any atom is -0.497 e. The van der Waals surface area contributed by atoms with Crippen LogP contribution in [0, 0.1) is 6.92 Å². The molecular weight excluding hydrogens is 416 g/mol. The third-order valence-electron chi connectivity index (χ3n) is 6.13. The number of aryl methyl sites for hydroxylation is 1. The number of aromatic nitrogens is 2. The maximum atomic E-state index is 13.3. The molecule has 1 aliphatic rings. The van der Waals surface area contributed by atoms with E-state index < -0.39 is 0 Å². The van der Waals surface area contributed by atoms with Gasteiger partial charge in [0.2, 0.25) is 5.91 Å². The van der Waals surface area contributed by atoms with Crippen LogP contribution < -0.4 is 15.6 Å². The summed E-state index contributed by atoms with van der Waals surface area (Å²) in [6.45, 7) is 5.84. The van der Waals surface area contributed by atoms with Crippen LogP contribution in [0.1, 0.15) is 41.2 Å². The first-order chi connectivity index (χ1) is 15.9. The van der Waals surface area contributed by atoms with Crippen LogP contribution >= 0.6 is 0 Å². The van der Waals surface area contributed by atoms with Crippen LogP contribution in [0.2, 0.25) is 0 Å². The van der Waals surface area contributed by atoms with Crippen LogP contribution in [-0.4, -0.2) is 34.0 Å². The van der Waals surface area contributed by atoms with Gasteiger partial charge in [0.1, 0.15) is 18.1 Å². The maximum Gasteiger partial charge on any atom is 0.258 e. The Bertz CT molecular complexity index is 1170. The van der Waals surface area contributed by atoms with Crippen molar-refractivity contribution in [2.24, 2.45) is 0 Å². The molecule has 1 aromatic heterocycles. The Morgan fingerprint density at radius 3 is 2.58 bits per heavy atom. The number of carbonyl (C=O) groups is 1. The lowest BCUT2D eigenvalue weighted by molar-refractivity contribution is -0.122. The normalized spacial score (nSPS) is 14.4. The summed E-state index contributed by atoms with van der Waals surface area (Å²) in [4.78, 5) is 33.0. The van der Waals surface area contributed by atoms with Crippen LogP contribution in [0.3, 0.4) is 0 Å². The summed E-state index contributed by atoms with van der Waals surface area (Å²) < 4.78 is 6.67. The molecule has 3 aromatic rings. The fraction of sp³-hybridized carbons (Fsp3) is 0.346. The molecule has 1 atom stereocenters. The molecular formula is C26H30N4O3. The summed E-state index contributed by atoms with van der Waals surface area (Å²) in [6, 6.07) is 17.6. The van der Waals surface area contributed by atoms with E-state index in [0.717, 1.165) is 36.5 Å². The van der Waals surface area contributed by atoms with E-state index >= 15 is 0 Å². The third kappa shape index (κ3) is 5.31. The molecule has 4 rings (SSSR count). The molecule has 7 nitrogen and oxygen atoms in total. The molecule has 0 spiro atoms. The molecule has 33 heavy (non-hydrogen) atoms. The first kappa shape index (κ1) is 22.7. The summed E-state index contributed by atoms with van der Waals surface area (Å²) in [5.74, 6) is 1.12. The van der Waals surface area contributed by atoms with Crippen LogP contribution in [-0.2, 0) is 30.8 Å². The van der Waals surface area contributed by atoms with E-state index in [4.69, 9.17) is 4.74 Å². The molecule has 172 valence electrons. The zero-order chi connectivity index (χ0) is 23.4. The number of hydrogen-bond donors (Lipinski definition) is 1. The van der Waals surface area contributed by atoms with Crippen molar-refractivity contribution in [2.45, 2.75) is 45.9 Å². The minimum atomic E-state index is -0.220. The number of amides is 1. The molecule has 7 heteroatoms. The lowest BCUT2D eigenvalue weighted by Gasteiger charge is -2.28. The Morgan fingerprint density at radius 1 is 1.15 bits per heavy atom. The predicted octanol–water partition coefficient (Wildman–Crippen LogP) is 3.00. The standard InChI is InChI=1S/C26H30N4O3/c1-18(21-9-11-22(33-3)12-10-21)27-25(31)17-30-19(2)28-24-13-14-29(16-23(24)26(30)32)15-20-7-5-4-6-8-20/h4-12,18H,13-17H2,1-3H3,(H,27,31)/t18-/m0/s1. The number of methoxy groups -OCH3 is 1. The van der Waals surface area contributed by atoms with Crippen LogP contribution in [0.15, 0.2) is 59.4 Å². The summed E-state index contributed by atoms with van der Waals surface area (Å²) in [5.41, 5.74) is 3.60. The van der Waals surface area contributed by atoms with Crippen molar-refractivity contribution in [2.75, 3.05) is 13.7 Å². The Labute approximate surface area is 194 Å². The molecule has 2 heterocycles. The second-order valence-corrected chi connectivity index (χ2v) is 8.48. The molecule has 1 aliphatic heterocycles. The highest BCUT2D eigenvalue weighted by Gasteiger charge is 2.23. The van der Waals surface area contributed by atoms with Gasteiger partial charge in [-0.3, -0.25) is 19.1 Å². The summed E-state index contributed by atoms with van der Waals surface area (Å²) in [6.07, 6.45) is 0.736. The molecule has 0 saturated carbocycles. The molecule has 1 N–H and O–H groups in total. The first-order valence-electron chi connectivity index (χ1n) is 11.2. The van der Waals surface area contributed by atoms with E-state index in [0.29, 0.717) is 17.9 Å². The smallest absolute Gasteiger partial charge is 0.258 e. The van der Waals surface area contributed by atoms with Gasteiger partial charge in [-0.05, 0) is 37.1 Å². The van der Waals surface area contributed by atoms with Gasteiger partial charge < -0.3 is 10.1 Å². The lowest BCUT2D eigenvalue weighted by atomic mass is 10.1. The highest BCUT2D eigenvalue weighted by Crippen LogP contribution is 2.18. The predicted molar refractivity (Wildman–Crippen MR) is 127 cm³/mol. The Morgan fingerprint density at radius 2 is 1.88 bits per heavy atom. The van der Waals surface area contributed by atoms with Crippen molar-refractivity contribution in [3.05, 3.63) is 93.2 Å². The van der Waals surface area contributed by atoms with Gasteiger partial charge in [-0.15, -0.1) is 0 Å². The van der Waals surface area contributed by atoms with Gasteiger partial charge in [-0.2, -0.15) is 0 Å². The fourth-order valence-electron chi connectivity index (χ4n) is 4.26. The number of rotatable bonds is 7. The van der Waals surface area contributed by atoms with Crippen LogP contribution in [0.4, 0.5) is 0 Å². The van der Waals surface area contributed by atoms with E-state index in [1.165, 1.54) is 10.1 Å². The number of fused-ring (bicyclic) bond motifs is 1. The van der Waals surface area contributed by atoms with E-state index in [1.54, 1.807) is 14.0 Å². The van der Waals surface area contributed by atoms with Crippen molar-refractivity contribution in [1.29, 1.82) is 0 Å². The second kappa shape index (κ2) is 10.0. The fourth-order valence-corrected chi connectivity index (χ4v) is 4.26. The Kier molecular flexibility index (Phi) is 6.89. The molecule has 0 saturated heterocycles. The molecule has 1 amide bonds. The Hall–Kier alpha value is -3.45. The van der Waals surface area contributed by atoms with Crippen molar-refractivity contribution < 1.29 is 9.53 Å². The minimum absolute atomic E-state index is 0.0515. The molecule has 0 radical (unpaired) electrons. The number of nitrogens with one attached hydrogen (secondary N) is 1. The number of hydrogen-bond acceptors (Lipinski definition) is 5. The average molecular weight is 447 g/mol. The van der Waals surface area contributed by atoms with E-state index in [9.17, 15) is 9.59 Å². The lowest BCUT2D eigenvalue weighted by Crippen LogP contribution is -2.41. The zero-order valence-corrected chi connectivity index (χ0v) is 19.4. The quantitative estimate of drug-likeness (QED) is 0.604. The zero-order valence-electron chi connectivity index (χ0n) is 19.4. The largest absolute Gasteiger partial charge is 0.497 e. The maximum absolute atomic E-state index is 13.3. The van der Waals surface area contributed by atoms with Gasteiger partial charge in [0, 0.05) is 26.1 Å². The molecule has 0 aliphatic carbocycles. The number of carbonyl (C=O) groups excluding carboxylic acids is 1. The summed E-state index contributed by atoms with van der Waals surface area (Å²) in [5, 5.41) is 2.98. The number of nitrogens with zero attached hydrogens (tertiary/aromatic N) is 3. The van der Waals surface area contributed by atoms with E-state index in [-0.39, 0.29) is 24.1 Å². The second-order valence-electron chi connectivity index (χ2n) is 8.48. The number of benzene rings is 2. The molecule has 0 fully saturated rings. The van der Waals surface area contributed by atoms with Crippen molar-refractivity contribution in [3.8, 4) is 5.75 Å². The van der Waals surface area contributed by atoms with Crippen LogP contribution in [0.25, 0.3) is 0 Å². The van der Waals surface area contributed by atoms with Gasteiger partial charge in [0.15, 0.2) is 0 Å². The summed E-state index contributed by atoms with van der Waals surface area (Å²) in [7, 11) is 1.62. The SMILES string of the molecule is COc1ccc([C@H](C)NC(=O)Cn2c(C)nc3c(c2=O)CN(Cc2ccccc2)CC3)cc1. The highest BCUT2D eigenvalue weighted by molar-refractivity contribution is 5.76. The van der Waals surface area contributed by atoms with Gasteiger partial charge in [0.05, 0.1) is 24.4 Å². The van der Waals surface area contributed by atoms with E-state index in [2.05, 4.69) is 27.3 Å². The van der Waals surface area contributed by atoms with Gasteiger partial charge in [-0.1, -0.05) is 42.5 Å². The van der Waals surface area contributed by atoms with Gasteiger partial charge >= 0.3 is 0 Å². The average Bonchev–Trinajstić information content (AvgIpc) is 2.83. The highest BCUT2D eigenvalue weighted by atomic mass is 16.5. The van der Waals surface area contributed by atoms with Crippen LogP contribution in [0.5, 0.6) is 5.75 Å². The van der Waals surface area contributed by atoms with Gasteiger partial charge in [-0.25, -0.2) is 4.98 Å². The number of ether oxygens (including phenoxy) is 1. The first-order valence-corrected chi connectivity index (χ1v) is 11.2. The monoisotopic (exact) mass is 446 g/mol. The van der Waals surface area contributed by atoms with E-state index in [1.807, 2.05) is 49.4 Å². The van der Waals surface area contributed by atoms with Crippen molar-refractivity contribution >= 4 is 5.91 Å². The molecule has 0 unspecified atom stereocenters. The van der Waals surface area contributed by atoms with Gasteiger partial charge in [0.25, 0.3) is 5.56 Å². The third-order valence-corrected chi connectivity index (χ3v) is 6.13.